The molecule has 0 unspecified atom stereocenters. The molecule has 0 radical (unpaired) electrons. The van der Waals surface area contributed by atoms with Crippen molar-refractivity contribution in [3.63, 3.8) is 0 Å². The van der Waals surface area contributed by atoms with Crippen LogP contribution in [0.5, 0.6) is 0 Å². The lowest BCUT2D eigenvalue weighted by molar-refractivity contribution is -0.0434. The van der Waals surface area contributed by atoms with Crippen molar-refractivity contribution in [2.45, 2.75) is 62.8 Å². The molecule has 13 heteroatoms. The lowest BCUT2D eigenvalue weighted by Crippen LogP contribution is -2.32. The van der Waals surface area contributed by atoms with Crippen molar-refractivity contribution in [3.8, 4) is 0 Å². The topological polar surface area (TPSA) is 158 Å². The van der Waals surface area contributed by atoms with Crippen molar-refractivity contribution in [3.05, 3.63) is 59.7 Å². The number of aryl methyl sites for hydroxylation is 1. The number of aliphatic hydroxyl groups is 3. The molecule has 0 aliphatic carbocycles. The van der Waals surface area contributed by atoms with E-state index in [1.165, 1.54) is 6.33 Å². The van der Waals surface area contributed by atoms with Gasteiger partial charge < -0.3 is 39.7 Å². The zero-order valence-electron chi connectivity index (χ0n) is 24.0. The summed E-state index contributed by atoms with van der Waals surface area (Å²) in [5.74, 6) is 1.34. The molecule has 0 saturated carbocycles. The Morgan fingerprint density at radius 1 is 1.14 bits per heavy atom. The summed E-state index contributed by atoms with van der Waals surface area (Å²) in [5, 5.41) is 39.6. The molecule has 6 rings (SSSR count). The molecule has 6 atom stereocenters. The zero-order valence-corrected chi connectivity index (χ0v) is 24.0. The first kappa shape index (κ1) is 28.5. The van der Waals surface area contributed by atoms with Gasteiger partial charge in [-0.25, -0.2) is 4.98 Å². The number of ether oxygens (including phenoxy) is 1. The average Bonchev–Trinajstić information content (AvgIpc) is 3.80. The van der Waals surface area contributed by atoms with E-state index in [1.807, 2.05) is 37.3 Å². The van der Waals surface area contributed by atoms with Gasteiger partial charge in [0.25, 0.3) is 0 Å². The first-order valence-corrected chi connectivity index (χ1v) is 14.4. The van der Waals surface area contributed by atoms with E-state index in [-0.39, 0.29) is 12.6 Å². The van der Waals surface area contributed by atoms with Gasteiger partial charge >= 0.3 is 0 Å². The maximum atomic E-state index is 11.1. The molecule has 13 nitrogen and oxygen atoms in total. The number of imidazole rings is 1. The molecule has 224 valence electrons. The summed E-state index contributed by atoms with van der Waals surface area (Å²) in [6.07, 6.45) is -0.639. The van der Waals surface area contributed by atoms with E-state index in [1.54, 1.807) is 10.6 Å². The van der Waals surface area contributed by atoms with E-state index < -0.39 is 24.5 Å². The Bertz CT molecular complexity index is 1490. The van der Waals surface area contributed by atoms with Crippen LogP contribution in [0.25, 0.3) is 11.2 Å². The summed E-state index contributed by atoms with van der Waals surface area (Å²) in [6.45, 7) is 3.38. The number of nitrogens with one attached hydrogen (secondary N) is 1. The molecule has 0 spiro atoms. The molecule has 2 fully saturated rings. The lowest BCUT2D eigenvalue weighted by Gasteiger charge is -2.23. The minimum Gasteiger partial charge on any atom is -0.394 e. The van der Waals surface area contributed by atoms with Crippen LogP contribution in [0.2, 0.25) is 0 Å². The smallest absolute Gasteiger partial charge is 0.229 e. The molecular weight excluding hydrogens is 540 g/mol. The van der Waals surface area contributed by atoms with E-state index in [0.717, 1.165) is 30.8 Å². The van der Waals surface area contributed by atoms with E-state index in [4.69, 9.17) is 19.2 Å². The van der Waals surface area contributed by atoms with Crippen LogP contribution in [0, 0.1) is 0 Å². The highest BCUT2D eigenvalue weighted by atomic mass is 16.6. The summed E-state index contributed by atoms with van der Waals surface area (Å²) in [7, 11) is 4.13. The maximum Gasteiger partial charge on any atom is 0.229 e. The number of fused-ring (bicyclic) bond motifs is 1. The molecule has 2 aliphatic heterocycles. The summed E-state index contributed by atoms with van der Waals surface area (Å²) in [6, 6.07) is 11.7. The second-order valence-corrected chi connectivity index (χ2v) is 11.3. The number of aliphatic hydroxyl groups excluding tert-OH is 3. The van der Waals surface area contributed by atoms with Crippen molar-refractivity contribution in [2.24, 2.45) is 0 Å². The van der Waals surface area contributed by atoms with Crippen LogP contribution < -0.4 is 10.2 Å². The highest BCUT2D eigenvalue weighted by Gasteiger charge is 2.47. The first-order chi connectivity index (χ1) is 20.4. The van der Waals surface area contributed by atoms with Crippen molar-refractivity contribution in [1.82, 2.24) is 29.6 Å². The average molecular weight is 579 g/mol. The van der Waals surface area contributed by atoms with Crippen molar-refractivity contribution in [1.29, 1.82) is 0 Å². The molecule has 5 heterocycles. The number of hydrogen-bond donors (Lipinski definition) is 4. The standard InChI is InChI=1S/C29H38N8O5/c1-4-18-13-21(42-34-18)25-23(39)24(40)28(41-25)37-16-30-22-26(31-19(15-38)12-17-8-6-5-7-9-17)32-29(33-27(22)37)36-11-10-20(14-36)35(2)3/h5-9,13,16,19-20,23-25,28,38-40H,4,10-12,14-15H2,1-3H3,(H,31,32,33)/t19-,20-,23-,24+,25+,28+/m0/s1. The molecular formula is C29H38N8O5. The Morgan fingerprint density at radius 2 is 1.95 bits per heavy atom. The van der Waals surface area contributed by atoms with Crippen molar-refractivity contribution < 1.29 is 24.6 Å². The van der Waals surface area contributed by atoms with Crippen LogP contribution >= 0.6 is 0 Å². The van der Waals surface area contributed by atoms with Crippen LogP contribution in [0.1, 0.15) is 42.7 Å². The Morgan fingerprint density at radius 3 is 2.64 bits per heavy atom. The number of rotatable bonds is 10. The molecule has 4 N–H and O–H groups in total. The predicted octanol–water partition coefficient (Wildman–Crippen LogP) is 1.52. The summed E-state index contributed by atoms with van der Waals surface area (Å²) >= 11 is 0. The molecule has 0 amide bonds. The van der Waals surface area contributed by atoms with E-state index >= 15 is 0 Å². The molecule has 4 aromatic rings. The largest absolute Gasteiger partial charge is 0.394 e. The van der Waals surface area contributed by atoms with Crippen molar-refractivity contribution in [2.75, 3.05) is 44.0 Å². The summed E-state index contributed by atoms with van der Waals surface area (Å²) in [5.41, 5.74) is 2.72. The van der Waals surface area contributed by atoms with Crippen LogP contribution in [0.3, 0.4) is 0 Å². The monoisotopic (exact) mass is 578 g/mol. The fraction of sp³-hybridized carbons (Fsp3) is 0.517. The Balaban J connectivity index is 1.36. The quantitative estimate of drug-likeness (QED) is 0.215. The number of likely N-dealkylation sites (N-methyl/N-ethyl adjacent to an activating group) is 1. The van der Waals surface area contributed by atoms with Gasteiger partial charge in [0.2, 0.25) is 5.95 Å². The molecule has 2 aliphatic rings. The van der Waals surface area contributed by atoms with Crippen LogP contribution in [-0.4, -0.2) is 103 Å². The van der Waals surface area contributed by atoms with Gasteiger partial charge in [0.05, 0.1) is 24.7 Å². The number of benzene rings is 1. The molecule has 2 saturated heterocycles. The highest BCUT2D eigenvalue weighted by Crippen LogP contribution is 2.40. The van der Waals surface area contributed by atoms with Crippen LogP contribution in [0.4, 0.5) is 11.8 Å². The van der Waals surface area contributed by atoms with E-state index in [0.29, 0.717) is 47.6 Å². The van der Waals surface area contributed by atoms with Gasteiger partial charge in [-0.3, -0.25) is 4.57 Å². The normalized spacial score (nSPS) is 25.1. The van der Waals surface area contributed by atoms with Crippen LogP contribution in [-0.2, 0) is 17.6 Å². The van der Waals surface area contributed by atoms with Crippen LogP contribution in [0.15, 0.2) is 47.2 Å². The number of nitrogens with zero attached hydrogens (tertiary/aromatic N) is 7. The van der Waals surface area contributed by atoms with Gasteiger partial charge in [0.1, 0.15) is 18.3 Å². The van der Waals surface area contributed by atoms with Gasteiger partial charge in [-0.15, -0.1) is 0 Å². The molecule has 1 aromatic carbocycles. The predicted molar refractivity (Wildman–Crippen MR) is 155 cm³/mol. The zero-order chi connectivity index (χ0) is 29.4. The third-order valence-corrected chi connectivity index (χ3v) is 8.20. The van der Waals surface area contributed by atoms with Gasteiger partial charge in [-0.1, -0.05) is 42.4 Å². The summed E-state index contributed by atoms with van der Waals surface area (Å²) in [4.78, 5) is 18.7. The lowest BCUT2D eigenvalue weighted by atomic mass is 10.1. The molecule has 3 aromatic heterocycles. The Kier molecular flexibility index (Phi) is 8.10. The second kappa shape index (κ2) is 11.9. The van der Waals surface area contributed by atoms with E-state index in [2.05, 4.69) is 39.4 Å². The maximum absolute atomic E-state index is 11.1. The second-order valence-electron chi connectivity index (χ2n) is 11.3. The van der Waals surface area contributed by atoms with Gasteiger partial charge in [-0.2, -0.15) is 9.97 Å². The third-order valence-electron chi connectivity index (χ3n) is 8.20. The van der Waals surface area contributed by atoms with E-state index in [9.17, 15) is 15.3 Å². The third kappa shape index (κ3) is 5.45. The van der Waals surface area contributed by atoms with Gasteiger partial charge in [-0.05, 0) is 38.9 Å². The molecule has 0 bridgehead atoms. The Hall–Kier alpha value is -3.62. The fourth-order valence-electron chi connectivity index (χ4n) is 5.68. The highest BCUT2D eigenvalue weighted by molar-refractivity contribution is 5.84. The Labute approximate surface area is 243 Å². The van der Waals surface area contributed by atoms with Gasteiger partial charge in [0.15, 0.2) is 29.0 Å². The number of hydrogen-bond acceptors (Lipinski definition) is 12. The minimum absolute atomic E-state index is 0.113. The first-order valence-electron chi connectivity index (χ1n) is 14.4. The fourth-order valence-corrected chi connectivity index (χ4v) is 5.68. The number of anilines is 2. The molecule has 42 heavy (non-hydrogen) atoms. The van der Waals surface area contributed by atoms with Crippen molar-refractivity contribution >= 4 is 22.9 Å². The van der Waals surface area contributed by atoms with Gasteiger partial charge in [0, 0.05) is 25.2 Å². The number of aromatic nitrogens is 5. The minimum atomic E-state index is -1.27. The summed E-state index contributed by atoms with van der Waals surface area (Å²) < 4.78 is 13.2. The SMILES string of the molecule is CCc1cc([C@H]2O[C@@H](n3cnc4c(N[C@H](CO)Cc5ccccc5)nc(N5CC[C@H](N(C)C)C5)nc43)[C@H](O)[C@@H]2O)on1.